The number of hydrogen-bond acceptors (Lipinski definition) is 5. The van der Waals surface area contributed by atoms with Crippen molar-refractivity contribution in [1.82, 2.24) is 20.1 Å². The summed E-state index contributed by atoms with van der Waals surface area (Å²) < 4.78 is 27.4. The molecular weight excluding hydrogens is 336 g/mol. The molecule has 0 spiro atoms. The molecule has 3 unspecified atom stereocenters. The van der Waals surface area contributed by atoms with Crippen molar-refractivity contribution in [2.75, 3.05) is 13.1 Å². The van der Waals surface area contributed by atoms with Gasteiger partial charge in [0.05, 0.1) is 6.04 Å². The number of piperidine rings is 1. The number of nitrogens with one attached hydrogen (secondary N) is 2. The molecule has 6 nitrogen and oxygen atoms in total. The van der Waals surface area contributed by atoms with Gasteiger partial charge in [-0.2, -0.15) is 4.31 Å². The van der Waals surface area contributed by atoms with E-state index in [2.05, 4.69) is 47.0 Å². The molecule has 2 aliphatic rings. The minimum Gasteiger partial charge on any atom is -0.263 e. The third-order valence-electron chi connectivity index (χ3n) is 5.18. The minimum absolute atomic E-state index is 0.109. The summed E-state index contributed by atoms with van der Waals surface area (Å²) in [5.74, 6) is 0.197. The zero-order valence-electron chi connectivity index (χ0n) is 14.1. The Morgan fingerprint density at radius 1 is 1.16 bits per heavy atom. The first kappa shape index (κ1) is 16.7. The molecule has 3 heterocycles. The largest absolute Gasteiger partial charge is 0.263 e. The molecule has 7 heteroatoms. The second kappa shape index (κ2) is 6.49. The van der Waals surface area contributed by atoms with Crippen molar-refractivity contribution in [3.05, 3.63) is 59.9 Å². The van der Waals surface area contributed by atoms with E-state index in [0.29, 0.717) is 13.1 Å². The average Bonchev–Trinajstić information content (AvgIpc) is 3.06. The molecule has 0 amide bonds. The number of aryl methyl sites for hydroxylation is 1. The molecule has 0 saturated carbocycles. The standard InChI is InChI=1S/C18H22N4O2S/c1-13-4-6-14(7-5-13)18-16-12-22(10-8-17(16)20-21-18)25(23,24)15-3-2-9-19-11-15/h2-7,9,11,16-18,20-21H,8,10,12H2,1H3. The average molecular weight is 358 g/mol. The van der Waals surface area contributed by atoms with Gasteiger partial charge in [0, 0.05) is 37.4 Å². The van der Waals surface area contributed by atoms with E-state index in [1.165, 1.54) is 17.3 Å². The number of nitrogens with zero attached hydrogens (tertiary/aromatic N) is 2. The van der Waals surface area contributed by atoms with Gasteiger partial charge in [-0.05, 0) is 31.0 Å². The number of benzene rings is 1. The number of pyridine rings is 1. The van der Waals surface area contributed by atoms with Gasteiger partial charge < -0.3 is 0 Å². The van der Waals surface area contributed by atoms with Crippen molar-refractivity contribution < 1.29 is 8.42 Å². The van der Waals surface area contributed by atoms with Crippen LogP contribution < -0.4 is 10.9 Å². The molecule has 1 aromatic carbocycles. The Hall–Kier alpha value is -1.80. The fourth-order valence-electron chi connectivity index (χ4n) is 3.74. The zero-order chi connectivity index (χ0) is 17.4. The lowest BCUT2D eigenvalue weighted by Crippen LogP contribution is -2.47. The Morgan fingerprint density at radius 2 is 1.96 bits per heavy atom. The molecule has 0 bridgehead atoms. The molecule has 2 N–H and O–H groups in total. The Balaban J connectivity index is 1.58. The highest BCUT2D eigenvalue weighted by Crippen LogP contribution is 2.35. The molecule has 3 atom stereocenters. The number of fused-ring (bicyclic) bond motifs is 1. The van der Waals surface area contributed by atoms with Crippen LogP contribution in [0.15, 0.2) is 53.7 Å². The number of sulfonamides is 1. The SMILES string of the molecule is Cc1ccc(C2NNC3CCN(S(=O)(=O)c4cccnc4)CC32)cc1. The second-order valence-electron chi connectivity index (χ2n) is 6.79. The lowest BCUT2D eigenvalue weighted by molar-refractivity contribution is 0.235. The molecule has 0 radical (unpaired) electrons. The molecule has 1 aromatic heterocycles. The van der Waals surface area contributed by atoms with Crippen molar-refractivity contribution in [1.29, 1.82) is 0 Å². The van der Waals surface area contributed by atoms with E-state index in [9.17, 15) is 8.42 Å². The van der Waals surface area contributed by atoms with Gasteiger partial charge in [0.25, 0.3) is 0 Å². The number of hydrazine groups is 1. The van der Waals surface area contributed by atoms with Crippen molar-refractivity contribution >= 4 is 10.0 Å². The molecule has 25 heavy (non-hydrogen) atoms. The van der Waals surface area contributed by atoms with E-state index in [0.717, 1.165) is 6.42 Å². The highest BCUT2D eigenvalue weighted by atomic mass is 32.2. The maximum atomic E-state index is 12.9. The Labute approximate surface area is 148 Å². The summed E-state index contributed by atoms with van der Waals surface area (Å²) in [4.78, 5) is 4.22. The van der Waals surface area contributed by atoms with Crippen LogP contribution in [0.5, 0.6) is 0 Å². The van der Waals surface area contributed by atoms with Gasteiger partial charge in [-0.15, -0.1) is 0 Å². The van der Waals surface area contributed by atoms with E-state index in [1.54, 1.807) is 22.6 Å². The highest BCUT2D eigenvalue weighted by Gasteiger charge is 2.43. The van der Waals surface area contributed by atoms with Gasteiger partial charge >= 0.3 is 0 Å². The van der Waals surface area contributed by atoms with E-state index in [4.69, 9.17) is 0 Å². The lowest BCUT2D eigenvalue weighted by atomic mass is 9.86. The summed E-state index contributed by atoms with van der Waals surface area (Å²) in [7, 11) is -3.50. The van der Waals surface area contributed by atoms with Crippen LogP contribution in [-0.4, -0.2) is 36.8 Å². The Bertz CT molecular complexity index is 839. The Kier molecular flexibility index (Phi) is 4.33. The van der Waals surface area contributed by atoms with Gasteiger partial charge in [-0.25, -0.2) is 13.8 Å². The molecule has 132 valence electrons. The maximum Gasteiger partial charge on any atom is 0.244 e. The summed E-state index contributed by atoms with van der Waals surface area (Å²) in [6.45, 7) is 3.09. The van der Waals surface area contributed by atoms with Gasteiger partial charge in [0.2, 0.25) is 10.0 Å². The monoisotopic (exact) mass is 358 g/mol. The summed E-state index contributed by atoms with van der Waals surface area (Å²) in [5, 5.41) is 0. The predicted octanol–water partition coefficient (Wildman–Crippen LogP) is 1.62. The minimum atomic E-state index is -3.50. The molecule has 2 aliphatic heterocycles. The normalized spacial score (nSPS) is 27.2. The number of rotatable bonds is 3. The van der Waals surface area contributed by atoms with Gasteiger partial charge in [-0.3, -0.25) is 10.4 Å². The van der Waals surface area contributed by atoms with Crippen molar-refractivity contribution in [3.8, 4) is 0 Å². The van der Waals surface area contributed by atoms with Crippen LogP contribution in [0.2, 0.25) is 0 Å². The molecule has 2 fully saturated rings. The van der Waals surface area contributed by atoms with Crippen LogP contribution >= 0.6 is 0 Å². The quantitative estimate of drug-likeness (QED) is 0.872. The van der Waals surface area contributed by atoms with E-state index in [-0.39, 0.29) is 22.9 Å². The number of hydrogen-bond donors (Lipinski definition) is 2. The van der Waals surface area contributed by atoms with Crippen molar-refractivity contribution in [3.63, 3.8) is 0 Å². The topological polar surface area (TPSA) is 74.3 Å². The molecule has 2 saturated heterocycles. The third kappa shape index (κ3) is 3.08. The van der Waals surface area contributed by atoms with Crippen LogP contribution in [0.25, 0.3) is 0 Å². The summed E-state index contributed by atoms with van der Waals surface area (Å²) in [6, 6.07) is 12.1. The Morgan fingerprint density at radius 3 is 2.68 bits per heavy atom. The first-order valence-electron chi connectivity index (χ1n) is 8.53. The molecule has 2 aromatic rings. The second-order valence-corrected chi connectivity index (χ2v) is 8.73. The van der Waals surface area contributed by atoms with E-state index >= 15 is 0 Å². The molecular formula is C18H22N4O2S. The molecule has 0 aliphatic carbocycles. The number of aromatic nitrogens is 1. The van der Waals surface area contributed by atoms with Crippen LogP contribution in [0, 0.1) is 12.8 Å². The lowest BCUT2D eigenvalue weighted by Gasteiger charge is -2.35. The van der Waals surface area contributed by atoms with Crippen molar-refractivity contribution in [2.24, 2.45) is 5.92 Å². The van der Waals surface area contributed by atoms with Crippen LogP contribution in [0.4, 0.5) is 0 Å². The van der Waals surface area contributed by atoms with Crippen molar-refractivity contribution in [2.45, 2.75) is 30.3 Å². The highest BCUT2D eigenvalue weighted by molar-refractivity contribution is 7.89. The smallest absolute Gasteiger partial charge is 0.244 e. The zero-order valence-corrected chi connectivity index (χ0v) is 14.9. The van der Waals surface area contributed by atoms with Crippen LogP contribution in [0.3, 0.4) is 0 Å². The van der Waals surface area contributed by atoms with Gasteiger partial charge in [0.1, 0.15) is 4.90 Å². The van der Waals surface area contributed by atoms with E-state index in [1.807, 2.05) is 0 Å². The third-order valence-corrected chi connectivity index (χ3v) is 7.03. The summed E-state index contributed by atoms with van der Waals surface area (Å²) in [5.41, 5.74) is 9.12. The van der Waals surface area contributed by atoms with Crippen LogP contribution in [-0.2, 0) is 10.0 Å². The molecule has 4 rings (SSSR count). The van der Waals surface area contributed by atoms with Crippen LogP contribution in [0.1, 0.15) is 23.6 Å². The maximum absolute atomic E-state index is 12.9. The van der Waals surface area contributed by atoms with E-state index < -0.39 is 10.0 Å². The fourth-order valence-corrected chi connectivity index (χ4v) is 5.20. The van der Waals surface area contributed by atoms with Gasteiger partial charge in [0.15, 0.2) is 0 Å². The summed E-state index contributed by atoms with van der Waals surface area (Å²) >= 11 is 0. The fraction of sp³-hybridized carbons (Fsp3) is 0.389. The van der Waals surface area contributed by atoms with Gasteiger partial charge in [-0.1, -0.05) is 29.8 Å². The first-order chi connectivity index (χ1) is 12.1. The summed E-state index contributed by atoms with van der Waals surface area (Å²) in [6.07, 6.45) is 3.80. The predicted molar refractivity (Wildman–Crippen MR) is 95.1 cm³/mol. The first-order valence-corrected chi connectivity index (χ1v) is 9.97.